The van der Waals surface area contributed by atoms with Gasteiger partial charge >= 0.3 is 18.0 Å². The summed E-state index contributed by atoms with van der Waals surface area (Å²) in [7, 11) is 1.50. The van der Waals surface area contributed by atoms with Gasteiger partial charge in [-0.2, -0.15) is 0 Å². The van der Waals surface area contributed by atoms with Gasteiger partial charge < -0.3 is 59.6 Å². The molecule has 0 saturated carbocycles. The lowest BCUT2D eigenvalue weighted by Gasteiger charge is -2.39. The molecular formula is C27H48N2O13. The van der Waals surface area contributed by atoms with Crippen molar-refractivity contribution in [2.24, 2.45) is 5.73 Å². The fraction of sp³-hybridized carbons (Fsp3) is 0.852. The lowest BCUT2D eigenvalue weighted by molar-refractivity contribution is -0.280. The van der Waals surface area contributed by atoms with Crippen LogP contribution < -0.4 is 11.1 Å². The predicted molar refractivity (Wildman–Crippen MR) is 146 cm³/mol. The molecule has 15 heteroatoms. The number of carboxylic acids is 1. The standard InChI is InChI=1S/C16H28N2O8.C11H20O5/c1-9(4-5-13(19)20)24-15-12(23-3)8-11(10(2)25-15)26-14(21)6-7-18-16(17)22;1-8-9(13)7-10(14)11(16-8)15-6-4-2-3-5-12/h9-12,15H,4-8H2,1-3H3,(H,19,20)(H3,17,18,22);5,8-11,13-14H,2-4,6-7H2,1H3/t9-,10?,11?,12?,15?;/m1./s1. The zero-order valence-electron chi connectivity index (χ0n) is 24.8. The van der Waals surface area contributed by atoms with Crippen LogP contribution in [0.4, 0.5) is 4.79 Å². The second-order valence-electron chi connectivity index (χ2n) is 10.3. The molecule has 6 N–H and O–H groups in total. The fourth-order valence-corrected chi connectivity index (χ4v) is 4.15. The van der Waals surface area contributed by atoms with Crippen molar-refractivity contribution < 1.29 is 62.9 Å². The predicted octanol–water partition coefficient (Wildman–Crippen LogP) is 0.605. The summed E-state index contributed by atoms with van der Waals surface area (Å²) in [6.45, 7) is 5.82. The van der Waals surface area contributed by atoms with Crippen molar-refractivity contribution in [2.75, 3.05) is 20.3 Å². The van der Waals surface area contributed by atoms with Crippen LogP contribution in [0.2, 0.25) is 0 Å². The number of nitrogens with one attached hydrogen (secondary N) is 1. The summed E-state index contributed by atoms with van der Waals surface area (Å²) in [5.41, 5.74) is 4.93. The zero-order valence-corrected chi connectivity index (χ0v) is 24.8. The molecule has 2 aliphatic rings. The molecule has 0 aliphatic carbocycles. The van der Waals surface area contributed by atoms with Gasteiger partial charge in [0.25, 0.3) is 0 Å². The summed E-state index contributed by atoms with van der Waals surface area (Å²) in [4.78, 5) is 43.1. The molecular weight excluding hydrogens is 560 g/mol. The highest BCUT2D eigenvalue weighted by Crippen LogP contribution is 2.27. The van der Waals surface area contributed by atoms with Crippen molar-refractivity contribution >= 4 is 24.3 Å². The molecule has 0 aromatic rings. The van der Waals surface area contributed by atoms with Crippen molar-refractivity contribution in [3.63, 3.8) is 0 Å². The SMILES string of the molecule is CC1OC(OCCCCC=O)C(O)CC1O.COC1CC(OC(=O)CCNC(N)=O)C(C)OC1O[C@H](C)CCC(=O)O. The van der Waals surface area contributed by atoms with Crippen LogP contribution in [0.3, 0.4) is 0 Å². The number of esters is 1. The molecule has 2 saturated heterocycles. The normalized spacial score (nSPS) is 29.9. The third-order valence-corrected chi connectivity index (χ3v) is 6.67. The number of primary amides is 1. The maximum Gasteiger partial charge on any atom is 0.312 e. The van der Waals surface area contributed by atoms with Gasteiger partial charge in [-0.1, -0.05) is 0 Å². The Bertz CT molecular complexity index is 817. The number of aldehydes is 1. The molecule has 0 bridgehead atoms. The maximum atomic E-state index is 11.8. The molecule has 2 heterocycles. The van der Waals surface area contributed by atoms with E-state index < -0.39 is 61.1 Å². The molecule has 244 valence electrons. The first-order valence-corrected chi connectivity index (χ1v) is 14.2. The average molecular weight is 609 g/mol. The van der Waals surface area contributed by atoms with Gasteiger partial charge in [-0.05, 0) is 40.0 Å². The summed E-state index contributed by atoms with van der Waals surface area (Å²) in [5.74, 6) is -1.37. The van der Waals surface area contributed by atoms with Crippen molar-refractivity contribution in [1.82, 2.24) is 5.32 Å². The first kappa shape index (κ1) is 37.6. The van der Waals surface area contributed by atoms with E-state index in [4.69, 9.17) is 39.3 Å². The van der Waals surface area contributed by atoms with Crippen LogP contribution in [0.25, 0.3) is 0 Å². The molecule has 15 nitrogen and oxygen atoms in total. The topological polar surface area (TPSA) is 222 Å². The highest BCUT2D eigenvalue weighted by atomic mass is 16.7. The van der Waals surface area contributed by atoms with Crippen molar-refractivity contribution in [3.8, 4) is 0 Å². The number of carbonyl (C=O) groups is 4. The first-order chi connectivity index (χ1) is 19.9. The van der Waals surface area contributed by atoms with Gasteiger partial charge in [0, 0.05) is 45.9 Å². The number of carbonyl (C=O) groups excluding carboxylic acids is 3. The Morgan fingerprint density at radius 3 is 2.33 bits per heavy atom. The maximum absolute atomic E-state index is 11.8. The third kappa shape index (κ3) is 15.2. The van der Waals surface area contributed by atoms with Crippen molar-refractivity contribution in [3.05, 3.63) is 0 Å². The van der Waals surface area contributed by atoms with E-state index in [0.29, 0.717) is 25.9 Å². The number of hydrogen-bond donors (Lipinski definition) is 5. The van der Waals surface area contributed by atoms with Crippen LogP contribution in [-0.4, -0.2) is 115 Å². The Balaban J connectivity index is 0.000000470. The molecule has 9 atom stereocenters. The number of carboxylic acid groups (broad SMARTS) is 1. The number of aliphatic hydroxyl groups is 2. The van der Waals surface area contributed by atoms with E-state index in [1.54, 1.807) is 20.8 Å². The lowest BCUT2D eigenvalue weighted by atomic mass is 10.0. The number of urea groups is 1. The highest BCUT2D eigenvalue weighted by molar-refractivity contribution is 5.74. The molecule has 2 fully saturated rings. The number of rotatable bonds is 16. The largest absolute Gasteiger partial charge is 0.481 e. The Morgan fingerprint density at radius 1 is 1.02 bits per heavy atom. The van der Waals surface area contributed by atoms with E-state index in [1.807, 2.05) is 0 Å². The monoisotopic (exact) mass is 608 g/mol. The first-order valence-electron chi connectivity index (χ1n) is 14.2. The Kier molecular flexibility index (Phi) is 18.4. The molecule has 2 amide bonds. The lowest BCUT2D eigenvalue weighted by Crippen LogP contribution is -2.50. The van der Waals surface area contributed by atoms with Gasteiger partial charge in [-0.25, -0.2) is 4.79 Å². The molecule has 8 unspecified atom stereocenters. The number of aliphatic hydroxyl groups excluding tert-OH is 2. The second-order valence-corrected chi connectivity index (χ2v) is 10.3. The molecule has 42 heavy (non-hydrogen) atoms. The summed E-state index contributed by atoms with van der Waals surface area (Å²) < 4.78 is 32.9. The summed E-state index contributed by atoms with van der Waals surface area (Å²) in [5, 5.41) is 30.1. The van der Waals surface area contributed by atoms with Gasteiger partial charge in [0.1, 0.15) is 24.6 Å². The van der Waals surface area contributed by atoms with Gasteiger partial charge in [0.2, 0.25) is 0 Å². The van der Waals surface area contributed by atoms with E-state index in [0.717, 1.165) is 19.1 Å². The van der Waals surface area contributed by atoms with Crippen molar-refractivity contribution in [2.45, 2.75) is 127 Å². The zero-order chi connectivity index (χ0) is 31.7. The number of aliphatic carboxylic acids is 1. The van der Waals surface area contributed by atoms with E-state index >= 15 is 0 Å². The molecule has 2 rings (SSSR count). The molecule has 2 aliphatic heterocycles. The quantitative estimate of drug-likeness (QED) is 0.0921. The number of methoxy groups -OCH3 is 1. The van der Waals surface area contributed by atoms with Crippen LogP contribution in [0.5, 0.6) is 0 Å². The summed E-state index contributed by atoms with van der Waals surface area (Å²) >= 11 is 0. The average Bonchev–Trinajstić information content (AvgIpc) is 2.91. The number of ether oxygens (including phenoxy) is 6. The summed E-state index contributed by atoms with van der Waals surface area (Å²) in [6, 6.07) is -0.705. The minimum atomic E-state index is -0.889. The number of hydrogen-bond acceptors (Lipinski definition) is 12. The van der Waals surface area contributed by atoms with Crippen LogP contribution in [-0.2, 0) is 42.8 Å². The number of amides is 2. The second kappa shape index (κ2) is 20.5. The van der Waals surface area contributed by atoms with Gasteiger partial charge in [0.05, 0.1) is 30.8 Å². The van der Waals surface area contributed by atoms with Crippen LogP contribution in [0, 0.1) is 0 Å². The van der Waals surface area contributed by atoms with Crippen molar-refractivity contribution in [1.29, 1.82) is 0 Å². The van der Waals surface area contributed by atoms with Gasteiger partial charge in [-0.15, -0.1) is 0 Å². The Hall–Kier alpha value is -2.40. The molecule has 0 spiro atoms. The fourth-order valence-electron chi connectivity index (χ4n) is 4.15. The van der Waals surface area contributed by atoms with E-state index in [1.165, 1.54) is 7.11 Å². The summed E-state index contributed by atoms with van der Waals surface area (Å²) in [6.07, 6.45) is -0.818. The number of unbranched alkanes of at least 4 members (excludes halogenated alkanes) is 2. The minimum absolute atomic E-state index is 0.000660. The van der Waals surface area contributed by atoms with E-state index in [9.17, 15) is 29.4 Å². The van der Waals surface area contributed by atoms with Gasteiger partial charge in [0.15, 0.2) is 12.6 Å². The van der Waals surface area contributed by atoms with Crippen LogP contribution >= 0.6 is 0 Å². The Labute approximate surface area is 246 Å². The highest BCUT2D eigenvalue weighted by Gasteiger charge is 2.39. The van der Waals surface area contributed by atoms with E-state index in [2.05, 4.69) is 5.32 Å². The molecule has 0 aromatic carbocycles. The molecule has 0 aromatic heterocycles. The number of nitrogens with two attached hydrogens (primary N) is 1. The third-order valence-electron chi connectivity index (χ3n) is 6.67. The van der Waals surface area contributed by atoms with Crippen LogP contribution in [0.1, 0.15) is 72.1 Å². The molecule has 0 radical (unpaired) electrons. The smallest absolute Gasteiger partial charge is 0.312 e. The van der Waals surface area contributed by atoms with Gasteiger partial charge in [-0.3, -0.25) is 9.59 Å². The Morgan fingerprint density at radius 2 is 1.71 bits per heavy atom. The van der Waals surface area contributed by atoms with E-state index in [-0.39, 0.29) is 38.0 Å². The minimum Gasteiger partial charge on any atom is -0.481 e. The van der Waals surface area contributed by atoms with Crippen LogP contribution in [0.15, 0.2) is 0 Å².